The van der Waals surface area contributed by atoms with Crippen molar-refractivity contribution < 1.29 is 95.4 Å². The quantitative estimate of drug-likeness (QED) is 0.0229. The molecule has 3 aliphatic rings. The van der Waals surface area contributed by atoms with Crippen molar-refractivity contribution in [3.05, 3.63) is 94.5 Å². The number of benzene rings is 2. The van der Waals surface area contributed by atoms with Gasteiger partial charge in [-0.25, -0.2) is 9.78 Å². The largest absolute Gasteiger partial charge is 0.445 e. The number of ether oxygens (including phenoxy) is 9. The van der Waals surface area contributed by atoms with E-state index in [-0.39, 0.29) is 143 Å². The molecule has 6 rings (SSSR count). The Morgan fingerprint density at radius 3 is 1.85 bits per heavy atom. The van der Waals surface area contributed by atoms with Crippen molar-refractivity contribution in [2.45, 2.75) is 212 Å². The molecule has 33 heteroatoms. The van der Waals surface area contributed by atoms with Gasteiger partial charge >= 0.3 is 6.09 Å². The Bertz CT molecular complexity index is 3540. The van der Waals surface area contributed by atoms with Crippen LogP contribution in [0.3, 0.4) is 0 Å². The molecule has 117 heavy (non-hydrogen) atoms. The molecule has 1 aliphatic carbocycles. The number of likely N-dealkylation sites (tertiary alicyclic amines) is 1. The predicted molar refractivity (Wildman–Crippen MR) is 439 cm³/mol. The van der Waals surface area contributed by atoms with Gasteiger partial charge in [0.15, 0.2) is 0 Å². The number of methoxy groups -OCH3 is 2. The summed E-state index contributed by atoms with van der Waals surface area (Å²) in [4.78, 5) is 156. The molecule has 2 aromatic carbocycles. The molecular weight excluding hydrogens is 1530 g/mol. The summed E-state index contributed by atoms with van der Waals surface area (Å²) in [5, 5.41) is 23.0. The first-order valence-electron chi connectivity index (χ1n) is 41.4. The highest BCUT2D eigenvalue weighted by Crippen LogP contribution is 2.33. The van der Waals surface area contributed by atoms with Gasteiger partial charge in [0.2, 0.25) is 47.3 Å². The summed E-state index contributed by atoms with van der Waals surface area (Å²) in [6.07, 6.45) is 9.54. The van der Waals surface area contributed by atoms with E-state index < -0.39 is 71.6 Å². The monoisotopic (exact) mass is 1660 g/mol. The van der Waals surface area contributed by atoms with E-state index in [1.54, 1.807) is 75.4 Å². The highest BCUT2D eigenvalue weighted by Gasteiger charge is 2.47. The number of nitrogens with zero attached hydrogens (tertiary/aromatic N) is 4. The maximum absolute atomic E-state index is 14.8. The minimum Gasteiger partial charge on any atom is -0.445 e. The Hall–Kier alpha value is -8.38. The summed E-state index contributed by atoms with van der Waals surface area (Å²) in [5.74, 6) is -4.86. The molecule has 10 unspecified atom stereocenters. The molecule has 11 amide bonds. The third kappa shape index (κ3) is 33.0. The molecule has 2 fully saturated rings. The van der Waals surface area contributed by atoms with Gasteiger partial charge in [0.05, 0.1) is 122 Å². The van der Waals surface area contributed by atoms with Gasteiger partial charge in [0.1, 0.15) is 35.3 Å². The molecule has 10 atom stereocenters. The number of hydrogen-bond acceptors (Lipinski definition) is 23. The highest BCUT2D eigenvalue weighted by molar-refractivity contribution is 7.09. The number of thiazole rings is 1. The van der Waals surface area contributed by atoms with Crippen molar-refractivity contribution in [2.75, 3.05) is 132 Å². The van der Waals surface area contributed by atoms with E-state index in [1.807, 2.05) is 70.3 Å². The van der Waals surface area contributed by atoms with Crippen LogP contribution >= 0.6 is 11.3 Å². The van der Waals surface area contributed by atoms with Crippen molar-refractivity contribution in [3.8, 4) is 0 Å². The number of unbranched alkanes of at least 4 members (excludes halogenated alkanes) is 2. The first-order valence-corrected chi connectivity index (χ1v) is 42.3. The smallest absolute Gasteiger partial charge is 0.407 e. The lowest BCUT2D eigenvalue weighted by Crippen LogP contribution is -2.63. The standard InChI is InChI=1S/C84H130N12O20S/c1-11-59(6)75(67(108-9)55-72(101)95-40-21-25-66(95)76(109-10)60(7)77(102)90-65(80-86-38-53-117-80)54-61-22-14-12-15-23-61)94(8)81(105)74(58(4)5)92-82(106)84(34-17-18-35-84)93-69(98)33-41-110-43-45-112-47-49-114-51-52-115-50-48-113-46-44-111-42-37-87-83(107)116-56-62-27-29-63(30-28-62)88-78(103)64(24-20-36-85)89-79(104)73(57(2)3)91-68(97)26-16-13-19-39-96-70(99)31-32-71(96)100/h12,14-15,22-23,27-32,38,53,57-60,64-67,73-76H,11,13,16-21,24-26,33-37,39-52,54-56,85H2,1-10H3,(H,87,107)(H,88,103)(H,89,104)(H,90,102)(H,91,97)(H,92,106)(H,93,98). The van der Waals surface area contributed by atoms with Crippen LogP contribution in [0.15, 0.2) is 78.3 Å². The topological polar surface area (TPSA) is 404 Å². The van der Waals surface area contributed by atoms with Crippen molar-refractivity contribution in [1.29, 1.82) is 0 Å². The fraction of sp³-hybridized carbons (Fsp3) is 0.667. The molecule has 3 aromatic rings. The van der Waals surface area contributed by atoms with E-state index in [1.165, 1.54) is 23.5 Å². The van der Waals surface area contributed by atoms with E-state index >= 15 is 0 Å². The van der Waals surface area contributed by atoms with E-state index in [0.717, 1.165) is 21.9 Å². The number of nitrogens with two attached hydrogens (primary N) is 1. The van der Waals surface area contributed by atoms with Crippen LogP contribution in [-0.4, -0.2) is 260 Å². The van der Waals surface area contributed by atoms with Gasteiger partial charge in [-0.3, -0.25) is 52.8 Å². The van der Waals surface area contributed by atoms with Gasteiger partial charge in [-0.05, 0) is 105 Å². The second-order valence-electron chi connectivity index (χ2n) is 30.6. The highest BCUT2D eigenvalue weighted by atomic mass is 32.1. The number of likely N-dealkylation sites (N-methyl/N-ethyl adjacent to an activating group) is 1. The minimum atomic E-state index is -1.21. The molecule has 652 valence electrons. The Balaban J connectivity index is 0.776. The molecule has 1 aromatic heterocycles. The normalized spacial score (nSPS) is 16.8. The molecule has 0 bridgehead atoms. The zero-order valence-corrected chi connectivity index (χ0v) is 71.0. The van der Waals surface area contributed by atoms with Crippen LogP contribution in [0.5, 0.6) is 0 Å². The number of carbonyl (C=O) groups is 11. The van der Waals surface area contributed by atoms with Gasteiger partial charge in [-0.2, -0.15) is 0 Å². The second-order valence-corrected chi connectivity index (χ2v) is 31.5. The fourth-order valence-electron chi connectivity index (χ4n) is 14.5. The number of imide groups is 1. The van der Waals surface area contributed by atoms with E-state index in [9.17, 15) is 52.7 Å². The van der Waals surface area contributed by atoms with E-state index in [2.05, 4.69) is 42.2 Å². The van der Waals surface area contributed by atoms with Crippen molar-refractivity contribution in [1.82, 2.24) is 51.6 Å². The summed E-state index contributed by atoms with van der Waals surface area (Å²) < 4.78 is 51.2. The first-order chi connectivity index (χ1) is 56.3. The molecular formula is C84H130N12O20S. The Labute approximate surface area is 693 Å². The van der Waals surface area contributed by atoms with Gasteiger partial charge in [-0.1, -0.05) is 117 Å². The fourth-order valence-corrected chi connectivity index (χ4v) is 15.2. The van der Waals surface area contributed by atoms with Crippen molar-refractivity contribution in [2.24, 2.45) is 29.4 Å². The Morgan fingerprint density at radius 2 is 1.27 bits per heavy atom. The Morgan fingerprint density at radius 1 is 0.658 bits per heavy atom. The summed E-state index contributed by atoms with van der Waals surface area (Å²) in [5.41, 5.74) is 6.71. The molecule has 32 nitrogen and oxygen atoms in total. The number of hydrogen-bond donors (Lipinski definition) is 8. The second kappa shape index (κ2) is 53.2. The zero-order valence-electron chi connectivity index (χ0n) is 70.2. The number of nitrogens with one attached hydrogen (secondary N) is 7. The van der Waals surface area contributed by atoms with Crippen LogP contribution in [0.25, 0.3) is 0 Å². The molecule has 2 aliphatic heterocycles. The first kappa shape index (κ1) is 97.5. The summed E-state index contributed by atoms with van der Waals surface area (Å²) in [7, 11) is 4.81. The number of anilines is 1. The average Bonchev–Trinajstić information content (AvgIpc) is 1.74. The third-order valence-electron chi connectivity index (χ3n) is 21.3. The zero-order chi connectivity index (χ0) is 85.1. The lowest BCUT2D eigenvalue weighted by molar-refractivity contribution is -0.148. The maximum Gasteiger partial charge on any atom is 0.407 e. The minimum absolute atomic E-state index is 0.0106. The molecule has 9 N–H and O–H groups in total. The molecule has 1 saturated heterocycles. The van der Waals surface area contributed by atoms with Crippen molar-refractivity contribution in [3.63, 3.8) is 0 Å². The van der Waals surface area contributed by atoms with Crippen LogP contribution < -0.4 is 43.0 Å². The van der Waals surface area contributed by atoms with Gasteiger partial charge in [0.25, 0.3) is 11.8 Å². The Kier molecular flexibility index (Phi) is 44.3. The lowest BCUT2D eigenvalue weighted by atomic mass is 9.89. The van der Waals surface area contributed by atoms with Gasteiger partial charge in [0, 0.05) is 83.2 Å². The molecule has 1 saturated carbocycles. The summed E-state index contributed by atoms with van der Waals surface area (Å²) in [6.45, 7) is 17.9. The van der Waals surface area contributed by atoms with Crippen LogP contribution in [-0.2, 0) is 104 Å². The summed E-state index contributed by atoms with van der Waals surface area (Å²) in [6, 6.07) is 12.5. The van der Waals surface area contributed by atoms with Crippen LogP contribution in [0, 0.1) is 23.7 Å². The van der Waals surface area contributed by atoms with Gasteiger partial charge < -0.3 is 95.4 Å². The summed E-state index contributed by atoms with van der Waals surface area (Å²) >= 11 is 1.48. The number of aromatic nitrogens is 1. The van der Waals surface area contributed by atoms with E-state index in [4.69, 9.17) is 48.4 Å². The number of alkyl carbamates (subject to hydrolysis) is 1. The third-order valence-corrected chi connectivity index (χ3v) is 22.2. The number of carbonyl (C=O) groups excluding carboxylic acids is 11. The number of amides is 11. The maximum atomic E-state index is 14.8. The van der Waals surface area contributed by atoms with E-state index in [0.29, 0.717) is 148 Å². The van der Waals surface area contributed by atoms with Crippen molar-refractivity contribution >= 4 is 82.2 Å². The number of rotatable bonds is 58. The average molecular weight is 1660 g/mol. The molecule has 0 radical (unpaired) electrons. The molecule has 3 heterocycles. The molecule has 0 spiro atoms. The van der Waals surface area contributed by atoms with Crippen LogP contribution in [0.2, 0.25) is 0 Å². The SMILES string of the molecule is CCC(C)C(C(CC(=O)N1CCCC1C(OC)C(C)C(=O)NC(Cc1ccccc1)c1nccs1)OC)N(C)C(=O)C(NC(=O)C1(NC(=O)CCOCCOCCOCCOCCOCCOCCNC(=O)OCc2ccc(NC(=O)C(CCCN)NC(=O)C(NC(=O)CCCCCN3C(=O)C=CC3=O)C(C)C)cc2)CCCC1)C(C)C. The van der Waals surface area contributed by atoms with Crippen LogP contribution in [0.1, 0.15) is 167 Å². The lowest BCUT2D eigenvalue weighted by Gasteiger charge is -2.41. The predicted octanol–water partition coefficient (Wildman–Crippen LogP) is 6.24. The van der Waals surface area contributed by atoms with Gasteiger partial charge in [-0.15, -0.1) is 11.3 Å². The van der Waals surface area contributed by atoms with Crippen LogP contribution in [0.4, 0.5) is 10.5 Å².